The maximum Gasteiger partial charge on any atom is 0.285 e. The summed E-state index contributed by atoms with van der Waals surface area (Å²) in [5, 5.41) is 0. The minimum atomic E-state index is -0.926. The van der Waals surface area contributed by atoms with Crippen LogP contribution in [0.1, 0.15) is 85.0 Å². The molecule has 0 rings (SSSR count). The first-order chi connectivity index (χ1) is 12.6. The zero-order valence-corrected chi connectivity index (χ0v) is 18.2. The molecule has 0 spiro atoms. The smallest absolute Gasteiger partial charge is 0.285 e. The quantitative estimate of drug-likeness (QED) is 0.161. The number of hydrogen-bond donors (Lipinski definition) is 0. The Morgan fingerprint density at radius 2 is 1.46 bits per heavy atom. The van der Waals surface area contributed by atoms with Crippen LogP contribution >= 0.6 is 0 Å². The molecule has 156 valence electrons. The topological polar surface area (TPSA) is 36.9 Å². The molecule has 0 radical (unpaired) electrons. The van der Waals surface area contributed by atoms with Crippen LogP contribution in [0.15, 0.2) is 12.3 Å². The summed E-state index contributed by atoms with van der Waals surface area (Å²) in [4.78, 5) is 0. The molecule has 2 atom stereocenters. The predicted molar refractivity (Wildman–Crippen MR) is 109 cm³/mol. The Morgan fingerprint density at radius 1 is 0.808 bits per heavy atom. The summed E-state index contributed by atoms with van der Waals surface area (Å²) < 4.78 is 22.4. The van der Waals surface area contributed by atoms with Gasteiger partial charge in [0.25, 0.3) is 5.97 Å². The number of methoxy groups -OCH3 is 3. The van der Waals surface area contributed by atoms with E-state index in [1.165, 1.54) is 32.1 Å². The summed E-state index contributed by atoms with van der Waals surface area (Å²) in [5.74, 6) is 0.0547. The van der Waals surface area contributed by atoms with Gasteiger partial charge in [-0.1, -0.05) is 64.9 Å². The van der Waals surface area contributed by atoms with E-state index >= 15 is 0 Å². The van der Waals surface area contributed by atoms with Gasteiger partial charge in [-0.15, -0.1) is 0 Å². The van der Waals surface area contributed by atoms with Crippen molar-refractivity contribution in [3.8, 4) is 0 Å². The first-order valence-electron chi connectivity index (χ1n) is 10.5. The highest BCUT2D eigenvalue weighted by atomic mass is 16.9. The highest BCUT2D eigenvalue weighted by Crippen LogP contribution is 2.33. The van der Waals surface area contributed by atoms with Crippen molar-refractivity contribution in [2.75, 3.05) is 27.9 Å². The van der Waals surface area contributed by atoms with Crippen LogP contribution in [0.5, 0.6) is 0 Å². The van der Waals surface area contributed by atoms with Gasteiger partial charge in [0.2, 0.25) is 0 Å². The molecule has 0 aliphatic rings. The first-order valence-corrected chi connectivity index (χ1v) is 10.5. The highest BCUT2D eigenvalue weighted by molar-refractivity contribution is 4.73. The van der Waals surface area contributed by atoms with E-state index in [-0.39, 0.29) is 5.92 Å². The Bertz CT molecular complexity index is 318. The normalized spacial score (nSPS) is 14.7. The number of allylic oxidation sites excluding steroid dienone is 1. The molecule has 0 aliphatic heterocycles. The second-order valence-electron chi connectivity index (χ2n) is 7.28. The lowest BCUT2D eigenvalue weighted by Crippen LogP contribution is -2.44. The van der Waals surface area contributed by atoms with Crippen molar-refractivity contribution >= 4 is 0 Å². The molecule has 0 N–H and O–H groups in total. The first kappa shape index (κ1) is 25.4. The van der Waals surface area contributed by atoms with Gasteiger partial charge in [-0.3, -0.25) is 0 Å². The van der Waals surface area contributed by atoms with Crippen molar-refractivity contribution < 1.29 is 18.9 Å². The van der Waals surface area contributed by atoms with Crippen molar-refractivity contribution in [1.29, 1.82) is 0 Å². The van der Waals surface area contributed by atoms with E-state index in [4.69, 9.17) is 18.9 Å². The van der Waals surface area contributed by atoms with Gasteiger partial charge < -0.3 is 18.9 Å². The van der Waals surface area contributed by atoms with Gasteiger partial charge in [0, 0.05) is 27.2 Å². The molecule has 0 amide bonds. The van der Waals surface area contributed by atoms with E-state index in [9.17, 15) is 0 Å². The van der Waals surface area contributed by atoms with Crippen LogP contribution < -0.4 is 0 Å². The largest absolute Gasteiger partial charge is 0.502 e. The van der Waals surface area contributed by atoms with Gasteiger partial charge in [0.05, 0.1) is 12.9 Å². The van der Waals surface area contributed by atoms with Crippen LogP contribution in [0.2, 0.25) is 0 Å². The van der Waals surface area contributed by atoms with Crippen LogP contribution in [0, 0.1) is 11.8 Å². The third-order valence-corrected chi connectivity index (χ3v) is 5.21. The van der Waals surface area contributed by atoms with Crippen molar-refractivity contribution in [2.24, 2.45) is 11.8 Å². The molecule has 0 fully saturated rings. The van der Waals surface area contributed by atoms with E-state index in [1.807, 2.05) is 13.0 Å². The van der Waals surface area contributed by atoms with Crippen LogP contribution in [0.4, 0.5) is 0 Å². The second-order valence-corrected chi connectivity index (χ2v) is 7.28. The molecular weight excluding hydrogens is 328 g/mol. The van der Waals surface area contributed by atoms with E-state index in [0.717, 1.165) is 44.6 Å². The molecule has 0 saturated carbocycles. The van der Waals surface area contributed by atoms with Gasteiger partial charge in [0.1, 0.15) is 0 Å². The van der Waals surface area contributed by atoms with E-state index in [2.05, 4.69) is 13.8 Å². The van der Waals surface area contributed by atoms with Crippen molar-refractivity contribution in [3.63, 3.8) is 0 Å². The fourth-order valence-electron chi connectivity index (χ4n) is 3.54. The van der Waals surface area contributed by atoms with Gasteiger partial charge in [-0.05, 0) is 32.1 Å². The summed E-state index contributed by atoms with van der Waals surface area (Å²) in [6, 6.07) is 0. The SMILES string of the molecule is CC=COCCCCCC(CCC(C)CCCCC)C(OC)(OC)OC. The standard InChI is InChI=1S/C22H44O4/c1-7-9-11-14-20(3)16-17-21(22(23-4,24-5)25-6)15-12-10-13-19-26-18-8-2/h8,18,20-21H,7,9-17,19H2,1-6H3. The lowest BCUT2D eigenvalue weighted by atomic mass is 9.88. The van der Waals surface area contributed by atoms with Gasteiger partial charge >= 0.3 is 0 Å². The maximum atomic E-state index is 5.66. The zero-order valence-electron chi connectivity index (χ0n) is 18.2. The molecular formula is C22H44O4. The fraction of sp³-hybridized carbons (Fsp3) is 0.909. The molecule has 4 nitrogen and oxygen atoms in total. The summed E-state index contributed by atoms with van der Waals surface area (Å²) in [7, 11) is 5.03. The molecule has 2 unspecified atom stereocenters. The third-order valence-electron chi connectivity index (χ3n) is 5.21. The lowest BCUT2D eigenvalue weighted by Gasteiger charge is -2.37. The van der Waals surface area contributed by atoms with Crippen molar-refractivity contribution in [2.45, 2.75) is 91.0 Å². The number of hydrogen-bond acceptors (Lipinski definition) is 4. The predicted octanol–water partition coefficient (Wildman–Crippen LogP) is 6.30. The zero-order chi connectivity index (χ0) is 19.7. The molecule has 0 aromatic heterocycles. The number of ether oxygens (including phenoxy) is 4. The van der Waals surface area contributed by atoms with Crippen LogP contribution in [0.25, 0.3) is 0 Å². The minimum Gasteiger partial charge on any atom is -0.502 e. The maximum absolute atomic E-state index is 5.66. The second kappa shape index (κ2) is 16.6. The molecule has 26 heavy (non-hydrogen) atoms. The van der Waals surface area contributed by atoms with E-state index in [1.54, 1.807) is 27.6 Å². The van der Waals surface area contributed by atoms with Crippen LogP contribution in [0.3, 0.4) is 0 Å². The Labute approximate surface area is 162 Å². The van der Waals surface area contributed by atoms with E-state index in [0.29, 0.717) is 0 Å². The fourth-order valence-corrected chi connectivity index (χ4v) is 3.54. The molecule has 0 saturated heterocycles. The molecule has 0 heterocycles. The molecule has 0 aliphatic carbocycles. The average molecular weight is 373 g/mol. The molecule has 0 aromatic rings. The summed E-state index contributed by atoms with van der Waals surface area (Å²) >= 11 is 0. The number of unbranched alkanes of at least 4 members (excludes halogenated alkanes) is 4. The third kappa shape index (κ3) is 10.5. The highest BCUT2D eigenvalue weighted by Gasteiger charge is 2.39. The minimum absolute atomic E-state index is 0.243. The molecule has 4 heteroatoms. The van der Waals surface area contributed by atoms with Gasteiger partial charge in [0.15, 0.2) is 0 Å². The Morgan fingerprint density at radius 3 is 2.04 bits per heavy atom. The van der Waals surface area contributed by atoms with Crippen LogP contribution in [-0.2, 0) is 18.9 Å². The van der Waals surface area contributed by atoms with Gasteiger partial charge in [-0.2, -0.15) is 0 Å². The Kier molecular flexibility index (Phi) is 16.2. The van der Waals surface area contributed by atoms with Gasteiger partial charge in [-0.25, -0.2) is 0 Å². The Hall–Kier alpha value is -0.580. The monoisotopic (exact) mass is 372 g/mol. The summed E-state index contributed by atoms with van der Waals surface area (Å²) in [6.07, 6.45) is 15.6. The molecule has 0 aromatic carbocycles. The molecule has 0 bridgehead atoms. The van der Waals surface area contributed by atoms with Crippen LogP contribution in [-0.4, -0.2) is 33.9 Å². The van der Waals surface area contributed by atoms with E-state index < -0.39 is 5.97 Å². The Balaban J connectivity index is 4.46. The lowest BCUT2D eigenvalue weighted by molar-refractivity contribution is -0.380. The van der Waals surface area contributed by atoms with Crippen molar-refractivity contribution in [3.05, 3.63) is 12.3 Å². The summed E-state index contributed by atoms with van der Waals surface area (Å²) in [6.45, 7) is 7.37. The van der Waals surface area contributed by atoms with Crippen molar-refractivity contribution in [1.82, 2.24) is 0 Å². The number of rotatable bonds is 18. The average Bonchev–Trinajstić information content (AvgIpc) is 2.66. The summed E-state index contributed by atoms with van der Waals surface area (Å²) in [5.41, 5.74) is 0.